The van der Waals surface area contributed by atoms with Gasteiger partial charge in [0.2, 0.25) is 0 Å². The second-order valence-corrected chi connectivity index (χ2v) is 7.33. The van der Waals surface area contributed by atoms with Gasteiger partial charge in [-0.25, -0.2) is 9.48 Å². The third-order valence-corrected chi connectivity index (χ3v) is 5.16. The lowest BCUT2D eigenvalue weighted by molar-refractivity contribution is -0.138. The van der Waals surface area contributed by atoms with E-state index in [9.17, 15) is 9.59 Å². The SMILES string of the molecule is Cc1ccc(Cn2nc(C)c(C(=O)O[C@@H](C)C(=O)N3CCCC3)c2Cl)cc1. The van der Waals surface area contributed by atoms with Crippen molar-refractivity contribution < 1.29 is 14.3 Å². The van der Waals surface area contributed by atoms with E-state index in [1.165, 1.54) is 5.56 Å². The minimum absolute atomic E-state index is 0.165. The summed E-state index contributed by atoms with van der Waals surface area (Å²) >= 11 is 6.40. The first-order chi connectivity index (χ1) is 12.9. The van der Waals surface area contributed by atoms with Gasteiger partial charge in [-0.05, 0) is 39.2 Å². The predicted molar refractivity (Wildman–Crippen MR) is 103 cm³/mol. The van der Waals surface area contributed by atoms with Gasteiger partial charge in [0.1, 0.15) is 10.7 Å². The number of carbonyl (C=O) groups excluding carboxylic acids is 2. The summed E-state index contributed by atoms with van der Waals surface area (Å²) in [5.74, 6) is -0.783. The number of ether oxygens (including phenoxy) is 1. The van der Waals surface area contributed by atoms with Gasteiger partial charge in [-0.15, -0.1) is 0 Å². The second kappa shape index (κ2) is 8.13. The maximum absolute atomic E-state index is 12.6. The van der Waals surface area contributed by atoms with Gasteiger partial charge in [0.15, 0.2) is 6.10 Å². The van der Waals surface area contributed by atoms with Crippen molar-refractivity contribution in [1.82, 2.24) is 14.7 Å². The third-order valence-electron chi connectivity index (χ3n) is 4.77. The van der Waals surface area contributed by atoms with Crippen molar-refractivity contribution in [3.8, 4) is 0 Å². The van der Waals surface area contributed by atoms with Gasteiger partial charge in [0.25, 0.3) is 5.91 Å². The van der Waals surface area contributed by atoms with Gasteiger partial charge in [-0.3, -0.25) is 4.79 Å². The van der Waals surface area contributed by atoms with Gasteiger partial charge in [-0.1, -0.05) is 41.4 Å². The van der Waals surface area contributed by atoms with Gasteiger partial charge >= 0.3 is 5.97 Å². The van der Waals surface area contributed by atoms with Crippen LogP contribution in [0.15, 0.2) is 24.3 Å². The smallest absolute Gasteiger partial charge is 0.343 e. The summed E-state index contributed by atoms with van der Waals surface area (Å²) in [6.45, 7) is 7.21. The Morgan fingerprint density at radius 2 is 1.81 bits per heavy atom. The molecule has 1 aromatic carbocycles. The Balaban J connectivity index is 1.72. The molecule has 6 nitrogen and oxygen atoms in total. The molecule has 0 spiro atoms. The van der Waals surface area contributed by atoms with E-state index in [1.807, 2.05) is 31.2 Å². The number of carbonyl (C=O) groups is 2. The van der Waals surface area contributed by atoms with Crippen LogP contribution in [-0.2, 0) is 16.1 Å². The molecule has 1 aliphatic heterocycles. The maximum atomic E-state index is 12.6. The lowest BCUT2D eigenvalue weighted by Crippen LogP contribution is -2.38. The van der Waals surface area contributed by atoms with Crippen LogP contribution in [0.1, 0.15) is 46.9 Å². The summed E-state index contributed by atoms with van der Waals surface area (Å²) in [5.41, 5.74) is 2.90. The van der Waals surface area contributed by atoms with E-state index in [1.54, 1.807) is 23.4 Å². The van der Waals surface area contributed by atoms with Crippen LogP contribution in [0, 0.1) is 13.8 Å². The largest absolute Gasteiger partial charge is 0.449 e. The first kappa shape index (κ1) is 19.4. The van der Waals surface area contributed by atoms with E-state index in [4.69, 9.17) is 16.3 Å². The zero-order valence-electron chi connectivity index (χ0n) is 15.9. The number of nitrogens with zero attached hydrogens (tertiary/aromatic N) is 3. The van der Waals surface area contributed by atoms with Crippen LogP contribution >= 0.6 is 11.6 Å². The normalized spacial score (nSPS) is 15.0. The number of benzene rings is 1. The standard InChI is InChI=1S/C20H24ClN3O3/c1-13-6-8-16(9-7-13)12-24-18(21)17(14(2)22-24)20(26)27-15(3)19(25)23-10-4-5-11-23/h6-9,15H,4-5,10-12H2,1-3H3/t15-/m0/s1. The third kappa shape index (κ3) is 4.33. The molecule has 144 valence electrons. The Hall–Kier alpha value is -2.34. The highest BCUT2D eigenvalue weighted by Crippen LogP contribution is 2.23. The average Bonchev–Trinajstić information content (AvgIpc) is 3.25. The Labute approximate surface area is 164 Å². The first-order valence-corrected chi connectivity index (χ1v) is 9.53. The Morgan fingerprint density at radius 3 is 2.44 bits per heavy atom. The molecule has 3 rings (SSSR count). The molecule has 2 heterocycles. The number of rotatable bonds is 5. The lowest BCUT2D eigenvalue weighted by atomic mass is 10.1. The summed E-state index contributed by atoms with van der Waals surface area (Å²) < 4.78 is 6.96. The molecule has 0 bridgehead atoms. The van der Waals surface area contributed by atoms with Crippen LogP contribution < -0.4 is 0 Å². The molecule has 1 saturated heterocycles. The van der Waals surface area contributed by atoms with Crippen molar-refractivity contribution in [1.29, 1.82) is 0 Å². The van der Waals surface area contributed by atoms with Crippen molar-refractivity contribution in [3.05, 3.63) is 51.8 Å². The molecule has 1 amide bonds. The van der Waals surface area contributed by atoms with E-state index < -0.39 is 12.1 Å². The van der Waals surface area contributed by atoms with Crippen molar-refractivity contribution in [2.75, 3.05) is 13.1 Å². The first-order valence-electron chi connectivity index (χ1n) is 9.15. The molecule has 1 fully saturated rings. The van der Waals surface area contributed by atoms with Crippen LogP contribution in [0.3, 0.4) is 0 Å². The van der Waals surface area contributed by atoms with Crippen molar-refractivity contribution >= 4 is 23.5 Å². The molecule has 1 aliphatic rings. The Kier molecular flexibility index (Phi) is 5.85. The fraction of sp³-hybridized carbons (Fsp3) is 0.450. The molecule has 0 aliphatic carbocycles. The Morgan fingerprint density at radius 1 is 1.19 bits per heavy atom. The van der Waals surface area contributed by atoms with E-state index in [0.717, 1.165) is 31.5 Å². The molecule has 2 aromatic rings. The maximum Gasteiger partial charge on any atom is 0.343 e. The van der Waals surface area contributed by atoms with Gasteiger partial charge in [0.05, 0.1) is 12.2 Å². The fourth-order valence-electron chi connectivity index (χ4n) is 3.22. The number of halogens is 1. The molecule has 1 aromatic heterocycles. The quantitative estimate of drug-likeness (QED) is 0.735. The highest BCUT2D eigenvalue weighted by molar-refractivity contribution is 6.32. The number of aryl methyl sites for hydroxylation is 2. The van der Waals surface area contributed by atoms with Crippen molar-refractivity contribution in [2.24, 2.45) is 0 Å². The molecule has 27 heavy (non-hydrogen) atoms. The summed E-state index contributed by atoms with van der Waals surface area (Å²) in [5, 5.41) is 4.59. The number of hydrogen-bond donors (Lipinski definition) is 0. The second-order valence-electron chi connectivity index (χ2n) is 6.97. The van der Waals surface area contributed by atoms with Gasteiger partial charge in [0, 0.05) is 13.1 Å². The molecular weight excluding hydrogens is 366 g/mol. The molecule has 0 saturated carbocycles. The van der Waals surface area contributed by atoms with Crippen LogP contribution in [0.2, 0.25) is 5.15 Å². The number of hydrogen-bond acceptors (Lipinski definition) is 4. The molecule has 7 heteroatoms. The fourth-order valence-corrected chi connectivity index (χ4v) is 3.53. The lowest BCUT2D eigenvalue weighted by Gasteiger charge is -2.20. The summed E-state index contributed by atoms with van der Waals surface area (Å²) in [7, 11) is 0. The highest BCUT2D eigenvalue weighted by atomic mass is 35.5. The van der Waals surface area contributed by atoms with Crippen LogP contribution in [0.25, 0.3) is 0 Å². The van der Waals surface area contributed by atoms with Crippen molar-refractivity contribution in [3.63, 3.8) is 0 Å². The molecule has 0 N–H and O–H groups in total. The molecule has 0 unspecified atom stereocenters. The van der Waals surface area contributed by atoms with E-state index in [-0.39, 0.29) is 16.6 Å². The van der Waals surface area contributed by atoms with Crippen LogP contribution in [0.5, 0.6) is 0 Å². The van der Waals surface area contributed by atoms with Gasteiger partial charge < -0.3 is 9.64 Å². The summed E-state index contributed by atoms with van der Waals surface area (Å²) in [4.78, 5) is 26.7. The van der Waals surface area contributed by atoms with Crippen LogP contribution in [-0.4, -0.2) is 45.8 Å². The number of esters is 1. The van der Waals surface area contributed by atoms with Crippen molar-refractivity contribution in [2.45, 2.75) is 46.3 Å². The number of likely N-dealkylation sites (tertiary alicyclic amines) is 1. The summed E-state index contributed by atoms with van der Waals surface area (Å²) in [6, 6.07) is 8.02. The molecule has 0 radical (unpaired) electrons. The average molecular weight is 390 g/mol. The highest BCUT2D eigenvalue weighted by Gasteiger charge is 2.29. The molecule has 1 atom stereocenters. The van der Waals surface area contributed by atoms with E-state index >= 15 is 0 Å². The summed E-state index contributed by atoms with van der Waals surface area (Å²) in [6.07, 6.45) is 1.14. The number of aromatic nitrogens is 2. The van der Waals surface area contributed by atoms with E-state index in [2.05, 4.69) is 5.10 Å². The minimum Gasteiger partial charge on any atom is -0.449 e. The topological polar surface area (TPSA) is 64.4 Å². The number of amides is 1. The zero-order chi connectivity index (χ0) is 19.6. The predicted octanol–water partition coefficient (Wildman–Crippen LogP) is 3.37. The zero-order valence-corrected chi connectivity index (χ0v) is 16.6. The van der Waals surface area contributed by atoms with Crippen LogP contribution in [0.4, 0.5) is 0 Å². The Bertz CT molecular complexity index is 839. The monoisotopic (exact) mass is 389 g/mol. The van der Waals surface area contributed by atoms with E-state index in [0.29, 0.717) is 12.2 Å². The minimum atomic E-state index is -0.841. The molecular formula is C20H24ClN3O3. The van der Waals surface area contributed by atoms with Gasteiger partial charge in [-0.2, -0.15) is 5.10 Å².